The van der Waals surface area contributed by atoms with Crippen molar-refractivity contribution in [2.75, 3.05) is 6.54 Å². The predicted molar refractivity (Wildman–Crippen MR) is 90.1 cm³/mol. The highest BCUT2D eigenvalue weighted by Crippen LogP contribution is 2.40. The molecule has 0 aromatic carbocycles. The summed E-state index contributed by atoms with van der Waals surface area (Å²) in [7, 11) is 0. The summed E-state index contributed by atoms with van der Waals surface area (Å²) in [6.07, 6.45) is 7.21. The molecule has 2 heterocycles. The first-order chi connectivity index (χ1) is 12.4. The number of imide groups is 1. The molecule has 0 aromatic rings. The molecule has 2 aliphatic carbocycles. The van der Waals surface area contributed by atoms with Crippen molar-refractivity contribution in [3.63, 3.8) is 0 Å². The van der Waals surface area contributed by atoms with Crippen LogP contribution in [0.15, 0.2) is 0 Å². The molecule has 142 valence electrons. The second-order valence-electron chi connectivity index (χ2n) is 8.11. The van der Waals surface area contributed by atoms with E-state index < -0.39 is 29.5 Å². The zero-order valence-electron chi connectivity index (χ0n) is 14.8. The van der Waals surface area contributed by atoms with Crippen LogP contribution >= 0.6 is 0 Å². The molecule has 0 radical (unpaired) electrons. The van der Waals surface area contributed by atoms with Crippen molar-refractivity contribution in [1.82, 2.24) is 15.1 Å². The molecule has 0 aromatic heterocycles. The Morgan fingerprint density at radius 1 is 1.12 bits per heavy atom. The van der Waals surface area contributed by atoms with E-state index in [1.807, 2.05) is 0 Å². The molecule has 2 saturated heterocycles. The van der Waals surface area contributed by atoms with Crippen LogP contribution in [-0.4, -0.2) is 62.9 Å². The number of fused-ring (bicyclic) bond motifs is 1. The normalized spacial score (nSPS) is 32.8. The number of urea groups is 1. The van der Waals surface area contributed by atoms with Gasteiger partial charge in [0.15, 0.2) is 0 Å². The van der Waals surface area contributed by atoms with Crippen LogP contribution in [-0.2, 0) is 14.4 Å². The fourth-order valence-corrected chi connectivity index (χ4v) is 5.39. The number of carboxylic acids is 1. The average molecular weight is 363 g/mol. The maximum Gasteiger partial charge on any atom is 0.326 e. The molecule has 26 heavy (non-hydrogen) atoms. The number of carboxylic acid groups (broad SMARTS) is 1. The van der Waals surface area contributed by atoms with Crippen molar-refractivity contribution < 1.29 is 24.3 Å². The minimum absolute atomic E-state index is 0.0847. The fourth-order valence-electron chi connectivity index (χ4n) is 5.39. The van der Waals surface area contributed by atoms with Crippen LogP contribution in [0.2, 0.25) is 0 Å². The number of rotatable bonds is 3. The Hall–Kier alpha value is -2.12. The summed E-state index contributed by atoms with van der Waals surface area (Å²) in [5, 5.41) is 12.3. The highest BCUT2D eigenvalue weighted by atomic mass is 16.4. The molecule has 0 unspecified atom stereocenters. The molecule has 4 aliphatic rings. The van der Waals surface area contributed by atoms with Crippen LogP contribution in [0.25, 0.3) is 0 Å². The number of nitrogens with zero attached hydrogens (tertiary/aromatic N) is 2. The van der Waals surface area contributed by atoms with Crippen LogP contribution in [0.5, 0.6) is 0 Å². The van der Waals surface area contributed by atoms with E-state index in [4.69, 9.17) is 0 Å². The van der Waals surface area contributed by atoms with Gasteiger partial charge in [0, 0.05) is 6.04 Å². The predicted octanol–water partition coefficient (Wildman–Crippen LogP) is 1.10. The number of carbonyl (C=O) groups excluding carboxylic acids is 3. The molecule has 2 aliphatic heterocycles. The van der Waals surface area contributed by atoms with E-state index in [2.05, 4.69) is 5.32 Å². The lowest BCUT2D eigenvalue weighted by Crippen LogP contribution is -2.51. The van der Waals surface area contributed by atoms with E-state index in [-0.39, 0.29) is 24.4 Å². The van der Waals surface area contributed by atoms with Gasteiger partial charge in [-0.05, 0) is 38.0 Å². The summed E-state index contributed by atoms with van der Waals surface area (Å²) in [5.41, 5.74) is -0.845. The van der Waals surface area contributed by atoms with E-state index in [1.165, 1.54) is 4.90 Å². The van der Waals surface area contributed by atoms with Gasteiger partial charge in [0.1, 0.15) is 18.1 Å². The number of aliphatic carboxylic acids is 1. The van der Waals surface area contributed by atoms with E-state index >= 15 is 0 Å². The maximum atomic E-state index is 13.0. The summed E-state index contributed by atoms with van der Waals surface area (Å²) < 4.78 is 0. The Bertz CT molecular complexity index is 657. The SMILES string of the molecule is O=C(O)[C@@H]1C[C@H]2CCCC[C@H]2N1C(=O)CN1C(=O)NC2(CCCC2)C1=O. The lowest BCUT2D eigenvalue weighted by Gasteiger charge is -2.33. The average Bonchev–Trinajstić information content (AvgIpc) is 3.28. The van der Waals surface area contributed by atoms with Crippen LogP contribution in [0.1, 0.15) is 57.8 Å². The standard InChI is InChI=1S/C18H25N3O5/c22-14(10-20-16(25)18(19-17(20)26)7-3-4-8-18)21-12-6-2-1-5-11(12)9-13(21)15(23)24/h11-13H,1-10H2,(H,19,26)(H,23,24)/t11-,12-,13+/m1/s1. The van der Waals surface area contributed by atoms with Gasteiger partial charge >= 0.3 is 12.0 Å². The summed E-state index contributed by atoms with van der Waals surface area (Å²) in [5.74, 6) is -1.56. The van der Waals surface area contributed by atoms with Crippen LogP contribution in [0, 0.1) is 5.92 Å². The quantitative estimate of drug-likeness (QED) is 0.730. The maximum absolute atomic E-state index is 13.0. The second kappa shape index (κ2) is 6.25. The third-order valence-electron chi connectivity index (χ3n) is 6.66. The van der Waals surface area contributed by atoms with Gasteiger partial charge in [-0.2, -0.15) is 0 Å². The van der Waals surface area contributed by atoms with Crippen molar-refractivity contribution in [2.24, 2.45) is 5.92 Å². The molecule has 8 nitrogen and oxygen atoms in total. The van der Waals surface area contributed by atoms with Crippen LogP contribution in [0.4, 0.5) is 4.79 Å². The summed E-state index contributed by atoms with van der Waals surface area (Å²) >= 11 is 0. The first-order valence-corrected chi connectivity index (χ1v) is 9.61. The lowest BCUT2D eigenvalue weighted by molar-refractivity contribution is -0.150. The molecule has 3 atom stereocenters. The van der Waals surface area contributed by atoms with Crippen molar-refractivity contribution in [3.8, 4) is 0 Å². The Morgan fingerprint density at radius 3 is 2.50 bits per heavy atom. The number of likely N-dealkylation sites (tertiary alicyclic amines) is 1. The van der Waals surface area contributed by atoms with Gasteiger partial charge in [-0.1, -0.05) is 25.7 Å². The van der Waals surface area contributed by atoms with Gasteiger partial charge in [0.05, 0.1) is 0 Å². The second-order valence-corrected chi connectivity index (χ2v) is 8.11. The molecule has 4 amide bonds. The molecular formula is C18H25N3O5. The first kappa shape index (κ1) is 17.3. The van der Waals surface area contributed by atoms with Crippen LogP contribution < -0.4 is 5.32 Å². The minimum atomic E-state index is -1.00. The van der Waals surface area contributed by atoms with Gasteiger partial charge in [-0.25, -0.2) is 9.59 Å². The zero-order chi connectivity index (χ0) is 18.5. The third kappa shape index (κ3) is 2.57. The largest absolute Gasteiger partial charge is 0.480 e. The number of nitrogens with one attached hydrogen (secondary N) is 1. The number of hydrogen-bond acceptors (Lipinski definition) is 4. The van der Waals surface area contributed by atoms with Gasteiger partial charge in [-0.15, -0.1) is 0 Å². The summed E-state index contributed by atoms with van der Waals surface area (Å²) in [4.78, 5) is 52.1. The van der Waals surface area contributed by atoms with Crippen molar-refractivity contribution >= 4 is 23.8 Å². The van der Waals surface area contributed by atoms with Gasteiger partial charge in [-0.3, -0.25) is 14.5 Å². The molecular weight excluding hydrogens is 338 g/mol. The van der Waals surface area contributed by atoms with Crippen molar-refractivity contribution in [3.05, 3.63) is 0 Å². The smallest absolute Gasteiger partial charge is 0.326 e. The molecule has 4 rings (SSSR count). The van der Waals surface area contributed by atoms with Crippen molar-refractivity contribution in [2.45, 2.75) is 75.4 Å². The highest BCUT2D eigenvalue weighted by Gasteiger charge is 2.54. The Morgan fingerprint density at radius 2 is 1.81 bits per heavy atom. The number of amides is 4. The van der Waals surface area contributed by atoms with Crippen molar-refractivity contribution in [1.29, 1.82) is 0 Å². The first-order valence-electron chi connectivity index (χ1n) is 9.61. The van der Waals surface area contributed by atoms with Gasteiger partial charge in [0.2, 0.25) is 5.91 Å². The minimum Gasteiger partial charge on any atom is -0.480 e. The van der Waals surface area contributed by atoms with E-state index in [9.17, 15) is 24.3 Å². The summed E-state index contributed by atoms with van der Waals surface area (Å²) in [6.45, 7) is -0.362. The van der Waals surface area contributed by atoms with E-state index in [0.29, 0.717) is 19.3 Å². The molecule has 8 heteroatoms. The summed E-state index contributed by atoms with van der Waals surface area (Å²) in [6, 6.07) is -1.47. The highest BCUT2D eigenvalue weighted by molar-refractivity contribution is 6.09. The lowest BCUT2D eigenvalue weighted by atomic mass is 9.85. The Kier molecular flexibility index (Phi) is 4.16. The van der Waals surface area contributed by atoms with E-state index in [1.54, 1.807) is 0 Å². The zero-order valence-corrected chi connectivity index (χ0v) is 14.8. The van der Waals surface area contributed by atoms with Crippen LogP contribution in [0.3, 0.4) is 0 Å². The third-order valence-corrected chi connectivity index (χ3v) is 6.66. The molecule has 2 saturated carbocycles. The van der Waals surface area contributed by atoms with Gasteiger partial charge in [0.25, 0.3) is 5.91 Å². The van der Waals surface area contributed by atoms with E-state index in [0.717, 1.165) is 43.4 Å². The molecule has 4 fully saturated rings. The number of hydrogen-bond donors (Lipinski definition) is 2. The Labute approximate surface area is 151 Å². The topological polar surface area (TPSA) is 107 Å². The number of carbonyl (C=O) groups is 4. The molecule has 0 bridgehead atoms. The Balaban J connectivity index is 1.52. The van der Waals surface area contributed by atoms with Gasteiger partial charge < -0.3 is 15.3 Å². The molecule has 1 spiro atoms. The molecule has 2 N–H and O–H groups in total. The monoisotopic (exact) mass is 363 g/mol. The fraction of sp³-hybridized carbons (Fsp3) is 0.778.